The first-order chi connectivity index (χ1) is 7.00. The maximum atomic E-state index is 11.5. The topological polar surface area (TPSA) is 37.4 Å². The molecular weight excluding hydrogens is 190 g/mol. The van der Waals surface area contributed by atoms with Gasteiger partial charge in [-0.25, -0.2) is 0 Å². The van der Waals surface area contributed by atoms with Crippen LogP contribution in [0.15, 0.2) is 24.3 Å². The molecule has 0 unspecified atom stereocenters. The number of rotatable bonds is 4. The summed E-state index contributed by atoms with van der Waals surface area (Å²) in [6.07, 6.45) is -0.0126. The van der Waals surface area contributed by atoms with Gasteiger partial charge in [-0.05, 0) is 31.2 Å². The Morgan fingerprint density at radius 2 is 1.67 bits per heavy atom. The van der Waals surface area contributed by atoms with Crippen molar-refractivity contribution < 1.29 is 9.59 Å². The van der Waals surface area contributed by atoms with Crippen molar-refractivity contribution in [2.45, 2.75) is 13.3 Å². The summed E-state index contributed by atoms with van der Waals surface area (Å²) in [7, 11) is 3.87. The van der Waals surface area contributed by atoms with E-state index in [2.05, 4.69) is 0 Å². The highest BCUT2D eigenvalue weighted by molar-refractivity contribution is 6.07. The molecule has 0 heterocycles. The Morgan fingerprint density at radius 1 is 1.13 bits per heavy atom. The highest BCUT2D eigenvalue weighted by Crippen LogP contribution is 2.13. The van der Waals surface area contributed by atoms with Crippen molar-refractivity contribution >= 4 is 17.3 Å². The summed E-state index contributed by atoms with van der Waals surface area (Å²) < 4.78 is 0. The van der Waals surface area contributed by atoms with Crippen molar-refractivity contribution in [3.8, 4) is 0 Å². The molecule has 0 saturated carbocycles. The molecule has 0 atom stereocenters. The number of carbonyl (C=O) groups excluding carboxylic acids is 2. The zero-order chi connectivity index (χ0) is 11.4. The molecule has 3 heteroatoms. The van der Waals surface area contributed by atoms with E-state index in [4.69, 9.17) is 0 Å². The minimum Gasteiger partial charge on any atom is -0.378 e. The van der Waals surface area contributed by atoms with Gasteiger partial charge in [0, 0.05) is 25.3 Å². The molecule has 3 nitrogen and oxygen atoms in total. The van der Waals surface area contributed by atoms with Gasteiger partial charge in [-0.1, -0.05) is 0 Å². The Labute approximate surface area is 89.7 Å². The van der Waals surface area contributed by atoms with Crippen molar-refractivity contribution in [1.29, 1.82) is 0 Å². The van der Waals surface area contributed by atoms with Gasteiger partial charge in [0.2, 0.25) is 0 Å². The molecule has 0 bridgehead atoms. The average Bonchev–Trinajstić information content (AvgIpc) is 2.17. The summed E-state index contributed by atoms with van der Waals surface area (Å²) in [6, 6.07) is 7.24. The number of hydrogen-bond donors (Lipinski definition) is 0. The SMILES string of the molecule is CC(=O)CC(=O)c1ccc(N(C)C)cc1. The van der Waals surface area contributed by atoms with Crippen molar-refractivity contribution in [3.05, 3.63) is 29.8 Å². The summed E-state index contributed by atoms with van der Waals surface area (Å²) in [4.78, 5) is 24.2. The van der Waals surface area contributed by atoms with Crippen LogP contribution in [0.3, 0.4) is 0 Å². The zero-order valence-electron chi connectivity index (χ0n) is 9.28. The van der Waals surface area contributed by atoms with Gasteiger partial charge in [0.05, 0.1) is 6.42 Å². The van der Waals surface area contributed by atoms with E-state index in [1.54, 1.807) is 12.1 Å². The number of Topliss-reactive ketones (excluding diaryl/α,β-unsaturated/α-hetero) is 2. The highest BCUT2D eigenvalue weighted by atomic mass is 16.1. The van der Waals surface area contributed by atoms with Crippen LogP contribution in [0.25, 0.3) is 0 Å². The Bertz CT molecular complexity index is 366. The predicted molar refractivity (Wildman–Crippen MR) is 60.4 cm³/mol. The van der Waals surface area contributed by atoms with Gasteiger partial charge in [-0.15, -0.1) is 0 Å². The van der Waals surface area contributed by atoms with Crippen LogP contribution in [0.2, 0.25) is 0 Å². The number of hydrogen-bond acceptors (Lipinski definition) is 3. The van der Waals surface area contributed by atoms with Crippen molar-refractivity contribution in [1.82, 2.24) is 0 Å². The summed E-state index contributed by atoms with van der Waals surface area (Å²) in [5, 5.41) is 0. The monoisotopic (exact) mass is 205 g/mol. The largest absolute Gasteiger partial charge is 0.378 e. The van der Waals surface area contributed by atoms with E-state index in [1.165, 1.54) is 6.92 Å². The molecule has 0 aliphatic heterocycles. The molecule has 0 radical (unpaired) electrons. The lowest BCUT2D eigenvalue weighted by atomic mass is 10.1. The van der Waals surface area contributed by atoms with Gasteiger partial charge in [-0.3, -0.25) is 9.59 Å². The molecule has 80 valence electrons. The summed E-state index contributed by atoms with van der Waals surface area (Å²) in [5.41, 5.74) is 1.63. The number of anilines is 1. The molecule has 0 aliphatic rings. The van der Waals surface area contributed by atoms with Crippen LogP contribution in [-0.4, -0.2) is 25.7 Å². The van der Waals surface area contributed by atoms with E-state index in [0.717, 1.165) is 5.69 Å². The van der Waals surface area contributed by atoms with Gasteiger partial charge < -0.3 is 4.90 Å². The van der Waals surface area contributed by atoms with Crippen LogP contribution in [-0.2, 0) is 4.79 Å². The predicted octanol–water partition coefficient (Wildman–Crippen LogP) is 1.91. The Balaban J connectivity index is 2.80. The first kappa shape index (κ1) is 11.4. The maximum absolute atomic E-state index is 11.5. The summed E-state index contributed by atoms with van der Waals surface area (Å²) >= 11 is 0. The number of carbonyl (C=O) groups is 2. The fourth-order valence-electron chi connectivity index (χ4n) is 1.27. The molecule has 0 N–H and O–H groups in total. The third kappa shape index (κ3) is 3.20. The second kappa shape index (κ2) is 4.73. The van der Waals surface area contributed by atoms with E-state index >= 15 is 0 Å². The van der Waals surface area contributed by atoms with Crippen LogP contribution in [0.5, 0.6) is 0 Å². The van der Waals surface area contributed by atoms with Gasteiger partial charge >= 0.3 is 0 Å². The molecule has 0 aromatic heterocycles. The first-order valence-electron chi connectivity index (χ1n) is 4.80. The fraction of sp³-hybridized carbons (Fsp3) is 0.333. The quantitative estimate of drug-likeness (QED) is 0.556. The lowest BCUT2D eigenvalue weighted by molar-refractivity contribution is -0.116. The summed E-state index contributed by atoms with van der Waals surface area (Å²) in [6.45, 7) is 1.42. The van der Waals surface area contributed by atoms with Gasteiger partial charge in [0.15, 0.2) is 5.78 Å². The van der Waals surface area contributed by atoms with Crippen LogP contribution < -0.4 is 4.90 Å². The summed E-state index contributed by atoms with van der Waals surface area (Å²) in [5.74, 6) is -0.218. The Morgan fingerprint density at radius 3 is 2.07 bits per heavy atom. The van der Waals surface area contributed by atoms with Crippen LogP contribution >= 0.6 is 0 Å². The van der Waals surface area contributed by atoms with E-state index in [9.17, 15) is 9.59 Å². The normalized spacial score (nSPS) is 9.80. The molecule has 0 saturated heterocycles. The molecule has 15 heavy (non-hydrogen) atoms. The molecule has 0 fully saturated rings. The van der Waals surface area contributed by atoms with Crippen LogP contribution in [0, 0.1) is 0 Å². The molecule has 1 aromatic rings. The second-order valence-electron chi connectivity index (χ2n) is 3.74. The maximum Gasteiger partial charge on any atom is 0.170 e. The van der Waals surface area contributed by atoms with Crippen molar-refractivity contribution in [2.24, 2.45) is 0 Å². The molecule has 1 rings (SSSR count). The van der Waals surface area contributed by atoms with Crippen LogP contribution in [0.1, 0.15) is 23.7 Å². The third-order valence-electron chi connectivity index (χ3n) is 2.12. The van der Waals surface area contributed by atoms with E-state index in [-0.39, 0.29) is 18.0 Å². The molecule has 1 aromatic carbocycles. The van der Waals surface area contributed by atoms with Gasteiger partial charge in [-0.2, -0.15) is 0 Å². The standard InChI is InChI=1S/C12H15NO2/c1-9(14)8-12(15)10-4-6-11(7-5-10)13(2)3/h4-7H,8H2,1-3H3. The van der Waals surface area contributed by atoms with Gasteiger partial charge in [0.25, 0.3) is 0 Å². The molecular formula is C12H15NO2. The minimum atomic E-state index is -0.118. The second-order valence-corrected chi connectivity index (χ2v) is 3.74. The minimum absolute atomic E-state index is 0.0126. The van der Waals surface area contributed by atoms with E-state index in [0.29, 0.717) is 5.56 Å². The highest BCUT2D eigenvalue weighted by Gasteiger charge is 2.08. The lowest BCUT2D eigenvalue weighted by Gasteiger charge is -2.12. The zero-order valence-corrected chi connectivity index (χ0v) is 9.28. The van der Waals surface area contributed by atoms with E-state index in [1.807, 2.05) is 31.1 Å². The van der Waals surface area contributed by atoms with Gasteiger partial charge in [0.1, 0.15) is 5.78 Å². The average molecular weight is 205 g/mol. The molecule has 0 spiro atoms. The van der Waals surface area contributed by atoms with Crippen molar-refractivity contribution in [2.75, 3.05) is 19.0 Å². The third-order valence-corrected chi connectivity index (χ3v) is 2.12. The number of ketones is 2. The Hall–Kier alpha value is -1.64. The first-order valence-corrected chi connectivity index (χ1v) is 4.80. The van der Waals surface area contributed by atoms with Crippen molar-refractivity contribution in [3.63, 3.8) is 0 Å². The number of benzene rings is 1. The van der Waals surface area contributed by atoms with Crippen LogP contribution in [0.4, 0.5) is 5.69 Å². The lowest BCUT2D eigenvalue weighted by Crippen LogP contribution is -2.09. The molecule has 0 aliphatic carbocycles. The smallest absolute Gasteiger partial charge is 0.170 e. The van der Waals surface area contributed by atoms with E-state index < -0.39 is 0 Å². The number of nitrogens with zero attached hydrogens (tertiary/aromatic N) is 1. The fourth-order valence-corrected chi connectivity index (χ4v) is 1.27. The molecule has 0 amide bonds. The Kier molecular flexibility index (Phi) is 3.61.